The molecule has 0 unspecified atom stereocenters. The SMILES string of the molecule is CCOC(=O)c1sc2nc(C[n+]3cccc(O)c3)[nH]c(=O)c2c1C. The predicted molar refractivity (Wildman–Crippen MR) is 88.3 cm³/mol. The van der Waals surface area contributed by atoms with Crippen molar-refractivity contribution in [3.8, 4) is 5.75 Å². The van der Waals surface area contributed by atoms with Crippen LogP contribution in [0, 0.1) is 6.92 Å². The minimum absolute atomic E-state index is 0.123. The van der Waals surface area contributed by atoms with Crippen LogP contribution < -0.4 is 10.1 Å². The van der Waals surface area contributed by atoms with E-state index in [0.717, 1.165) is 11.3 Å². The number of aromatic amines is 1. The molecule has 0 aliphatic heterocycles. The van der Waals surface area contributed by atoms with Crippen molar-refractivity contribution in [2.24, 2.45) is 0 Å². The maximum absolute atomic E-state index is 12.4. The zero-order valence-electron chi connectivity index (χ0n) is 13.2. The van der Waals surface area contributed by atoms with Crippen LogP contribution in [0.25, 0.3) is 10.2 Å². The minimum Gasteiger partial charge on any atom is -0.503 e. The van der Waals surface area contributed by atoms with Gasteiger partial charge in [-0.25, -0.2) is 9.78 Å². The molecule has 0 fully saturated rings. The molecular formula is C16H16N3O4S+. The standard InChI is InChI=1S/C16H15N3O4S/c1-3-23-16(22)13-9(2)12-14(21)17-11(18-15(12)24-13)8-19-6-4-5-10(20)7-19/h4-7H,3,8H2,1-2H3,(H-,17,18,20,21,22)/p+1. The molecule has 0 aliphatic rings. The highest BCUT2D eigenvalue weighted by atomic mass is 32.1. The van der Waals surface area contributed by atoms with E-state index < -0.39 is 5.97 Å². The van der Waals surface area contributed by atoms with E-state index in [9.17, 15) is 14.7 Å². The summed E-state index contributed by atoms with van der Waals surface area (Å²) in [6.07, 6.45) is 3.29. The lowest BCUT2D eigenvalue weighted by Gasteiger charge is -1.99. The van der Waals surface area contributed by atoms with Crippen molar-refractivity contribution in [1.82, 2.24) is 9.97 Å². The lowest BCUT2D eigenvalue weighted by molar-refractivity contribution is -0.689. The molecule has 0 saturated carbocycles. The average Bonchev–Trinajstić information content (AvgIpc) is 2.85. The van der Waals surface area contributed by atoms with Crippen molar-refractivity contribution in [2.45, 2.75) is 20.4 Å². The van der Waals surface area contributed by atoms with Crippen LogP contribution in [0.2, 0.25) is 0 Å². The molecule has 0 amide bonds. The number of esters is 1. The van der Waals surface area contributed by atoms with Gasteiger partial charge >= 0.3 is 5.97 Å². The molecular weight excluding hydrogens is 330 g/mol. The maximum Gasteiger partial charge on any atom is 0.348 e. The van der Waals surface area contributed by atoms with Crippen LogP contribution >= 0.6 is 11.3 Å². The number of hydrogen-bond acceptors (Lipinski definition) is 6. The van der Waals surface area contributed by atoms with Gasteiger partial charge in [-0.1, -0.05) is 0 Å². The van der Waals surface area contributed by atoms with Gasteiger partial charge in [-0.05, 0) is 25.5 Å². The smallest absolute Gasteiger partial charge is 0.348 e. The van der Waals surface area contributed by atoms with E-state index in [1.165, 1.54) is 6.20 Å². The fourth-order valence-corrected chi connectivity index (χ4v) is 3.53. The summed E-state index contributed by atoms with van der Waals surface area (Å²) in [5, 5.41) is 9.92. The molecule has 0 bridgehead atoms. The summed E-state index contributed by atoms with van der Waals surface area (Å²) in [7, 11) is 0. The predicted octanol–water partition coefficient (Wildman–Crippen LogP) is 1.51. The number of nitrogens with one attached hydrogen (secondary N) is 1. The first-order valence-electron chi connectivity index (χ1n) is 7.37. The molecule has 3 heterocycles. The molecule has 0 atom stereocenters. The summed E-state index contributed by atoms with van der Waals surface area (Å²) >= 11 is 1.15. The number of aromatic nitrogens is 3. The molecule has 0 aliphatic carbocycles. The number of carbonyl (C=O) groups excluding carboxylic acids is 1. The third-order valence-corrected chi connectivity index (χ3v) is 4.65. The fraction of sp³-hybridized carbons (Fsp3) is 0.250. The fourth-order valence-electron chi connectivity index (χ4n) is 2.43. The monoisotopic (exact) mass is 346 g/mol. The van der Waals surface area contributed by atoms with E-state index in [2.05, 4.69) is 9.97 Å². The Labute approximate surface area is 141 Å². The number of aromatic hydroxyl groups is 1. The summed E-state index contributed by atoms with van der Waals surface area (Å²) in [5.41, 5.74) is 0.291. The molecule has 0 saturated heterocycles. The summed E-state index contributed by atoms with van der Waals surface area (Å²) in [6, 6.07) is 3.25. The van der Waals surface area contributed by atoms with Crippen LogP contribution in [0.15, 0.2) is 29.3 Å². The van der Waals surface area contributed by atoms with E-state index in [1.807, 2.05) is 0 Å². The Balaban J connectivity index is 2.04. The van der Waals surface area contributed by atoms with Crippen molar-refractivity contribution < 1.29 is 19.2 Å². The highest BCUT2D eigenvalue weighted by Crippen LogP contribution is 2.27. The first-order chi connectivity index (χ1) is 11.5. The molecule has 24 heavy (non-hydrogen) atoms. The van der Waals surface area contributed by atoms with Gasteiger partial charge < -0.3 is 14.8 Å². The van der Waals surface area contributed by atoms with Crippen molar-refractivity contribution in [1.29, 1.82) is 0 Å². The second-order valence-corrected chi connectivity index (χ2v) is 6.20. The lowest BCUT2D eigenvalue weighted by atomic mass is 10.2. The van der Waals surface area contributed by atoms with Crippen LogP contribution in [0.1, 0.15) is 28.0 Å². The van der Waals surface area contributed by atoms with Crippen LogP contribution in [0.3, 0.4) is 0 Å². The van der Waals surface area contributed by atoms with E-state index >= 15 is 0 Å². The van der Waals surface area contributed by atoms with Gasteiger partial charge in [-0.2, -0.15) is 4.57 Å². The largest absolute Gasteiger partial charge is 0.503 e. The van der Waals surface area contributed by atoms with Crippen molar-refractivity contribution in [3.63, 3.8) is 0 Å². The summed E-state index contributed by atoms with van der Waals surface area (Å²) in [4.78, 5) is 32.4. The van der Waals surface area contributed by atoms with Gasteiger partial charge in [0, 0.05) is 6.07 Å². The third kappa shape index (κ3) is 3.00. The van der Waals surface area contributed by atoms with Gasteiger partial charge in [0.05, 0.1) is 12.0 Å². The Morgan fingerprint density at radius 3 is 3.00 bits per heavy atom. The summed E-state index contributed by atoms with van der Waals surface area (Å²) in [5.74, 6) is 0.124. The number of thiophene rings is 1. The Hall–Kier alpha value is -2.74. The maximum atomic E-state index is 12.4. The molecule has 8 heteroatoms. The normalized spacial score (nSPS) is 10.9. The zero-order chi connectivity index (χ0) is 17.3. The van der Waals surface area contributed by atoms with Crippen molar-refractivity contribution in [3.05, 3.63) is 51.1 Å². The molecule has 3 aromatic heterocycles. The number of hydrogen-bond donors (Lipinski definition) is 2. The van der Waals surface area contributed by atoms with E-state index in [0.29, 0.717) is 33.0 Å². The topological polar surface area (TPSA) is 96.2 Å². The number of rotatable bonds is 4. The number of ether oxygens (including phenoxy) is 1. The molecule has 124 valence electrons. The lowest BCUT2D eigenvalue weighted by Crippen LogP contribution is -2.34. The second-order valence-electron chi connectivity index (χ2n) is 5.20. The highest BCUT2D eigenvalue weighted by molar-refractivity contribution is 7.20. The van der Waals surface area contributed by atoms with Gasteiger partial charge in [-0.3, -0.25) is 4.79 Å². The number of aryl methyl sites for hydroxylation is 1. The van der Waals surface area contributed by atoms with Gasteiger partial charge in [-0.15, -0.1) is 11.3 Å². The Morgan fingerprint density at radius 1 is 1.50 bits per heavy atom. The molecule has 2 N–H and O–H groups in total. The van der Waals surface area contributed by atoms with Gasteiger partial charge in [0.15, 0.2) is 17.8 Å². The van der Waals surface area contributed by atoms with Crippen LogP contribution in [0.4, 0.5) is 0 Å². The van der Waals surface area contributed by atoms with Crippen molar-refractivity contribution >= 4 is 27.5 Å². The number of H-pyrrole nitrogens is 1. The zero-order valence-corrected chi connectivity index (χ0v) is 14.0. The molecule has 0 aromatic carbocycles. The van der Waals surface area contributed by atoms with Crippen LogP contribution in [-0.4, -0.2) is 27.7 Å². The Bertz CT molecular complexity index is 977. The van der Waals surface area contributed by atoms with Crippen LogP contribution in [-0.2, 0) is 11.3 Å². The number of nitrogens with zero attached hydrogens (tertiary/aromatic N) is 2. The van der Waals surface area contributed by atoms with Gasteiger partial charge in [0.25, 0.3) is 5.56 Å². The highest BCUT2D eigenvalue weighted by Gasteiger charge is 2.20. The molecule has 0 radical (unpaired) electrons. The van der Waals surface area contributed by atoms with Gasteiger partial charge in [0.1, 0.15) is 9.71 Å². The Morgan fingerprint density at radius 2 is 2.29 bits per heavy atom. The Kier molecular flexibility index (Phi) is 4.30. The number of pyridine rings is 1. The minimum atomic E-state index is -0.443. The molecule has 0 spiro atoms. The number of fused-ring (bicyclic) bond motifs is 1. The van der Waals surface area contributed by atoms with Crippen molar-refractivity contribution in [2.75, 3.05) is 6.61 Å². The summed E-state index contributed by atoms with van der Waals surface area (Å²) < 4.78 is 6.72. The quantitative estimate of drug-likeness (QED) is 0.551. The average molecular weight is 346 g/mol. The van der Waals surface area contributed by atoms with E-state index in [-0.39, 0.29) is 17.9 Å². The summed E-state index contributed by atoms with van der Waals surface area (Å²) in [6.45, 7) is 4.02. The first kappa shape index (κ1) is 16.1. The number of carbonyl (C=O) groups is 1. The molecule has 3 rings (SSSR count). The van der Waals surface area contributed by atoms with E-state index in [4.69, 9.17) is 4.74 Å². The molecule has 3 aromatic rings. The van der Waals surface area contributed by atoms with E-state index in [1.54, 1.807) is 36.7 Å². The first-order valence-corrected chi connectivity index (χ1v) is 8.18. The molecule has 7 nitrogen and oxygen atoms in total. The third-order valence-electron chi connectivity index (χ3n) is 3.49. The van der Waals surface area contributed by atoms with Crippen LogP contribution in [0.5, 0.6) is 5.75 Å². The van der Waals surface area contributed by atoms with Gasteiger partial charge in [0.2, 0.25) is 12.7 Å². The second kappa shape index (κ2) is 6.40.